The highest BCUT2D eigenvalue weighted by molar-refractivity contribution is 9.10. The van der Waals surface area contributed by atoms with E-state index < -0.39 is 22.5 Å². The maximum Gasteiger partial charge on any atom is 0.243 e. The van der Waals surface area contributed by atoms with Crippen molar-refractivity contribution < 1.29 is 22.7 Å². The van der Waals surface area contributed by atoms with E-state index in [1.54, 1.807) is 30.3 Å². The second kappa shape index (κ2) is 9.18. The first kappa shape index (κ1) is 21.2. The number of nitrogens with one attached hydrogen (secondary N) is 1. The predicted octanol–water partition coefficient (Wildman–Crippen LogP) is 2.27. The van der Waals surface area contributed by atoms with Crippen LogP contribution >= 0.6 is 15.9 Å². The second-order valence-corrected chi connectivity index (χ2v) is 8.30. The monoisotopic (exact) mass is 457 g/mol. The molecule has 1 amide bonds. The minimum Gasteiger partial charge on any atom is -0.759 e. The first-order valence-corrected chi connectivity index (χ1v) is 9.92. The van der Waals surface area contributed by atoms with Crippen LogP contribution in [0, 0.1) is 5.21 Å². The van der Waals surface area contributed by atoms with Gasteiger partial charge in [-0.05, 0) is 42.0 Å². The molecule has 0 aliphatic rings. The van der Waals surface area contributed by atoms with Crippen molar-refractivity contribution in [1.82, 2.24) is 9.79 Å². The first-order chi connectivity index (χ1) is 12.8. The molecule has 146 valence electrons. The van der Waals surface area contributed by atoms with Crippen molar-refractivity contribution >= 4 is 31.9 Å². The maximum absolute atomic E-state index is 12.9. The van der Waals surface area contributed by atoms with Gasteiger partial charge in [0, 0.05) is 11.0 Å². The van der Waals surface area contributed by atoms with E-state index in [4.69, 9.17) is 9.47 Å². The van der Waals surface area contributed by atoms with E-state index >= 15 is 0 Å². The maximum atomic E-state index is 12.9. The van der Waals surface area contributed by atoms with E-state index in [0.717, 1.165) is 4.31 Å². The quantitative estimate of drug-likeness (QED) is 0.609. The molecule has 0 aromatic heterocycles. The highest BCUT2D eigenvalue weighted by Crippen LogP contribution is 2.29. The van der Waals surface area contributed by atoms with Gasteiger partial charge in [0.05, 0.1) is 25.7 Å². The lowest BCUT2D eigenvalue weighted by atomic mass is 10.2. The van der Waals surface area contributed by atoms with Crippen molar-refractivity contribution in [2.24, 2.45) is 0 Å². The molecule has 2 rings (SSSR count). The van der Waals surface area contributed by atoms with Gasteiger partial charge in [-0.2, -0.15) is 4.31 Å². The topological polar surface area (TPSA) is 108 Å². The van der Waals surface area contributed by atoms with Gasteiger partial charge >= 0.3 is 0 Å². The minimum atomic E-state index is -4.02. The summed E-state index contributed by atoms with van der Waals surface area (Å²) < 4.78 is 37.9. The van der Waals surface area contributed by atoms with Gasteiger partial charge in [0.25, 0.3) is 0 Å². The van der Waals surface area contributed by atoms with Crippen molar-refractivity contribution in [2.45, 2.75) is 11.4 Å². The molecule has 27 heavy (non-hydrogen) atoms. The van der Waals surface area contributed by atoms with Gasteiger partial charge in [-0.25, -0.2) is 8.42 Å². The number of ether oxygens (including phenoxy) is 2. The summed E-state index contributed by atoms with van der Waals surface area (Å²) >= 11 is 3.24. The van der Waals surface area contributed by atoms with Gasteiger partial charge < -0.3 is 20.2 Å². The lowest BCUT2D eigenvalue weighted by Gasteiger charge is -2.23. The van der Waals surface area contributed by atoms with Gasteiger partial charge in [-0.1, -0.05) is 22.0 Å². The van der Waals surface area contributed by atoms with Gasteiger partial charge in [-0.15, -0.1) is 0 Å². The van der Waals surface area contributed by atoms with Gasteiger partial charge in [-0.3, -0.25) is 4.79 Å². The Morgan fingerprint density at radius 3 is 2.30 bits per heavy atom. The molecule has 0 spiro atoms. The molecule has 0 bridgehead atoms. The van der Waals surface area contributed by atoms with Crippen molar-refractivity contribution in [3.8, 4) is 11.5 Å². The molecule has 1 N–H and O–H groups in total. The van der Waals surface area contributed by atoms with Crippen LogP contribution in [0.4, 0.5) is 0 Å². The molecule has 2 aromatic rings. The van der Waals surface area contributed by atoms with E-state index in [2.05, 4.69) is 15.9 Å². The van der Waals surface area contributed by atoms with E-state index in [0.29, 0.717) is 21.5 Å². The number of amides is 1. The lowest BCUT2D eigenvalue weighted by molar-refractivity contribution is -0.120. The molecule has 0 aliphatic carbocycles. The lowest BCUT2D eigenvalue weighted by Crippen LogP contribution is -2.38. The Bertz CT molecular complexity index is 902. The van der Waals surface area contributed by atoms with E-state index in [1.165, 1.54) is 31.8 Å². The van der Waals surface area contributed by atoms with E-state index in [-0.39, 0.29) is 11.4 Å². The summed E-state index contributed by atoms with van der Waals surface area (Å²) in [5, 5.41) is 10.6. The second-order valence-electron chi connectivity index (χ2n) is 5.44. The summed E-state index contributed by atoms with van der Waals surface area (Å²) in [6, 6.07) is 10.9. The summed E-state index contributed by atoms with van der Waals surface area (Å²) in [6.45, 7) is -0.748. The zero-order valence-electron chi connectivity index (χ0n) is 14.6. The third kappa shape index (κ3) is 5.19. The largest absolute Gasteiger partial charge is 0.759 e. The zero-order chi connectivity index (χ0) is 20.0. The zero-order valence-corrected chi connectivity index (χ0v) is 17.0. The number of hydroxylamine groups is 1. The number of carbonyl (C=O) groups is 1. The standard InChI is InChI=1S/C17H18BrN2O6S/c1-25-15-8-3-12(9-16(15)26-2)10-20(11-17(21)19-22)27(23,24)14-6-4-13(18)5-7-14/h3-9H,10-11H2,1-2H3,(H-,19,21,22)/q-1. The summed E-state index contributed by atoms with van der Waals surface area (Å²) in [6.07, 6.45) is 0. The third-order valence-electron chi connectivity index (χ3n) is 3.69. The third-order valence-corrected chi connectivity index (χ3v) is 6.03. The average molecular weight is 458 g/mol. The fourth-order valence-corrected chi connectivity index (χ4v) is 4.01. The fraction of sp³-hybridized carbons (Fsp3) is 0.235. The predicted molar refractivity (Wildman–Crippen MR) is 103 cm³/mol. The van der Waals surface area contributed by atoms with Gasteiger partial charge in [0.1, 0.15) is 0 Å². The van der Waals surface area contributed by atoms with Crippen molar-refractivity contribution in [3.05, 3.63) is 57.7 Å². The van der Waals surface area contributed by atoms with Crippen LogP contribution in [0.25, 0.3) is 0 Å². The number of rotatable bonds is 8. The number of benzene rings is 2. The smallest absolute Gasteiger partial charge is 0.243 e. The Kier molecular flexibility index (Phi) is 7.19. The van der Waals surface area contributed by atoms with Crippen LogP contribution in [-0.4, -0.2) is 39.4 Å². The molecule has 0 radical (unpaired) electrons. The Balaban J connectivity index is 2.40. The highest BCUT2D eigenvalue weighted by Gasteiger charge is 2.26. The molecule has 8 nitrogen and oxygen atoms in total. The fourth-order valence-electron chi connectivity index (χ4n) is 2.36. The number of hydrogen-bond acceptors (Lipinski definition) is 6. The highest BCUT2D eigenvalue weighted by atomic mass is 79.9. The molecular formula is C17H18BrN2O6S-. The van der Waals surface area contributed by atoms with Crippen LogP contribution < -0.4 is 15.0 Å². The molecule has 0 heterocycles. The van der Waals surface area contributed by atoms with Crippen LogP contribution in [0.15, 0.2) is 51.8 Å². The molecule has 0 unspecified atom stereocenters. The van der Waals surface area contributed by atoms with Crippen molar-refractivity contribution in [1.29, 1.82) is 0 Å². The molecule has 0 saturated carbocycles. The SMILES string of the molecule is COc1ccc(CN(CC(=O)N[O-])S(=O)(=O)c2ccc(Br)cc2)cc1OC. The van der Waals surface area contributed by atoms with Crippen LogP contribution in [0.5, 0.6) is 11.5 Å². The molecule has 0 saturated heterocycles. The number of carbonyl (C=O) groups excluding carboxylic acids is 1. The summed E-state index contributed by atoms with van der Waals surface area (Å²) in [5.74, 6) is -0.0544. The molecular weight excluding hydrogens is 440 g/mol. The molecule has 0 atom stereocenters. The molecule has 2 aromatic carbocycles. The van der Waals surface area contributed by atoms with Crippen LogP contribution in [0.3, 0.4) is 0 Å². The Hall–Kier alpha value is -2.14. The first-order valence-electron chi connectivity index (χ1n) is 7.69. The number of halogens is 1. The normalized spacial score (nSPS) is 11.3. The number of methoxy groups -OCH3 is 2. The molecule has 10 heteroatoms. The number of hydrogen-bond donors (Lipinski definition) is 1. The summed E-state index contributed by atoms with van der Waals surface area (Å²) in [4.78, 5) is 11.6. The van der Waals surface area contributed by atoms with Crippen molar-refractivity contribution in [2.75, 3.05) is 20.8 Å². The Morgan fingerprint density at radius 1 is 1.11 bits per heavy atom. The Morgan fingerprint density at radius 2 is 1.74 bits per heavy atom. The van der Waals surface area contributed by atoms with Gasteiger partial charge in [0.15, 0.2) is 11.5 Å². The Labute approximate surface area is 165 Å². The van der Waals surface area contributed by atoms with E-state index in [9.17, 15) is 18.4 Å². The number of sulfonamides is 1. The molecule has 0 fully saturated rings. The summed E-state index contributed by atoms with van der Waals surface area (Å²) in [5.41, 5.74) is 1.77. The van der Waals surface area contributed by atoms with Crippen LogP contribution in [-0.2, 0) is 21.4 Å². The van der Waals surface area contributed by atoms with E-state index in [1.807, 2.05) is 0 Å². The van der Waals surface area contributed by atoms with Crippen LogP contribution in [0.1, 0.15) is 5.56 Å². The van der Waals surface area contributed by atoms with Crippen LogP contribution in [0.2, 0.25) is 0 Å². The van der Waals surface area contributed by atoms with Gasteiger partial charge in [0.2, 0.25) is 15.9 Å². The average Bonchev–Trinajstić information content (AvgIpc) is 2.67. The molecule has 0 aliphatic heterocycles. The summed E-state index contributed by atoms with van der Waals surface area (Å²) in [7, 11) is -1.07. The van der Waals surface area contributed by atoms with Crippen molar-refractivity contribution in [3.63, 3.8) is 0 Å². The number of nitrogens with zero attached hydrogens (tertiary/aromatic N) is 1. The minimum absolute atomic E-state index is 0.00451.